The Morgan fingerprint density at radius 1 is 0.360 bits per heavy atom. The molecule has 0 aliphatic carbocycles. The lowest BCUT2D eigenvalue weighted by molar-refractivity contribution is 1.18. The standard InChI is InChI=1S/C48H34N2/c1-3-13-35(14-4-1)37-23-29-40(30-24-37)49(41-31-25-38(26-32-41)36-15-5-2-6-16-36)42-33-27-39(28-34-42)43-17-7-10-20-46(43)50-47-21-11-8-18-44(47)45-19-9-12-22-48(45)50/h1-34H/i1D,2D,3D,4D,5D,6D,13D,14D,15D,16D. The van der Waals surface area contributed by atoms with Gasteiger partial charge in [0.1, 0.15) is 0 Å². The van der Waals surface area contributed by atoms with Gasteiger partial charge in [0.15, 0.2) is 0 Å². The highest BCUT2D eigenvalue weighted by Gasteiger charge is 2.17. The molecule has 9 aromatic rings. The summed E-state index contributed by atoms with van der Waals surface area (Å²) < 4.78 is 85.2. The van der Waals surface area contributed by atoms with E-state index in [0.29, 0.717) is 22.5 Å². The summed E-state index contributed by atoms with van der Waals surface area (Å²) in [6, 6.07) is 43.8. The lowest BCUT2D eigenvalue weighted by Gasteiger charge is -2.26. The van der Waals surface area contributed by atoms with Crippen LogP contribution in [-0.4, -0.2) is 4.57 Å². The normalized spacial score (nSPS) is 14.0. The van der Waals surface area contributed by atoms with E-state index in [9.17, 15) is 0 Å². The van der Waals surface area contributed by atoms with Gasteiger partial charge in [-0.25, -0.2) is 0 Å². The molecule has 0 unspecified atom stereocenters. The number of aromatic nitrogens is 1. The minimum Gasteiger partial charge on any atom is -0.311 e. The van der Waals surface area contributed by atoms with Gasteiger partial charge in [0, 0.05) is 33.4 Å². The Morgan fingerprint density at radius 2 is 0.760 bits per heavy atom. The first kappa shape index (κ1) is 20.7. The van der Waals surface area contributed by atoms with Crippen molar-refractivity contribution >= 4 is 38.9 Å². The Hall–Kier alpha value is -6.64. The van der Waals surface area contributed by atoms with Crippen molar-refractivity contribution in [2.75, 3.05) is 4.90 Å². The minimum absolute atomic E-state index is 0.105. The Labute approximate surface area is 306 Å². The molecule has 0 aliphatic rings. The molecule has 1 aromatic heterocycles. The van der Waals surface area contributed by atoms with Crippen LogP contribution in [0.25, 0.3) is 60.9 Å². The van der Waals surface area contributed by atoms with Crippen molar-refractivity contribution in [1.29, 1.82) is 0 Å². The van der Waals surface area contributed by atoms with E-state index >= 15 is 0 Å². The largest absolute Gasteiger partial charge is 0.311 e. The summed E-state index contributed by atoms with van der Waals surface area (Å²) in [7, 11) is 0. The van der Waals surface area contributed by atoms with Crippen LogP contribution in [0.4, 0.5) is 17.1 Å². The van der Waals surface area contributed by atoms with Gasteiger partial charge in [-0.05, 0) is 82.4 Å². The molecule has 0 aliphatic heterocycles. The topological polar surface area (TPSA) is 8.17 Å². The van der Waals surface area contributed by atoms with Crippen LogP contribution in [0, 0.1) is 0 Å². The zero-order chi connectivity index (χ0) is 42.0. The Bertz CT molecular complexity index is 2920. The molecule has 8 aromatic carbocycles. The maximum Gasteiger partial charge on any atom is 0.0629 e. The second-order valence-corrected chi connectivity index (χ2v) is 11.9. The van der Waals surface area contributed by atoms with Gasteiger partial charge in [0.05, 0.1) is 30.4 Å². The fraction of sp³-hybridized carbons (Fsp3) is 0. The number of hydrogen-bond donors (Lipinski definition) is 0. The third-order valence-corrected chi connectivity index (χ3v) is 8.99. The van der Waals surface area contributed by atoms with Crippen molar-refractivity contribution in [2.24, 2.45) is 0 Å². The van der Waals surface area contributed by atoms with E-state index in [4.69, 9.17) is 13.7 Å². The first-order valence-corrected chi connectivity index (χ1v) is 16.3. The number of nitrogens with zero attached hydrogens (tertiary/aromatic N) is 2. The number of anilines is 3. The molecular formula is C48H34N2. The van der Waals surface area contributed by atoms with E-state index in [0.717, 1.165) is 33.5 Å². The lowest BCUT2D eigenvalue weighted by atomic mass is 10.0. The average Bonchev–Trinajstić information content (AvgIpc) is 3.62. The van der Waals surface area contributed by atoms with Gasteiger partial charge >= 0.3 is 0 Å². The average molecular weight is 649 g/mol. The first-order chi connectivity index (χ1) is 29.0. The number of benzene rings is 8. The molecule has 0 saturated carbocycles. The van der Waals surface area contributed by atoms with E-state index in [2.05, 4.69) is 77.4 Å². The molecule has 0 radical (unpaired) electrons. The predicted octanol–water partition coefficient (Wildman–Crippen LogP) is 13.3. The molecule has 9 rings (SSSR count). The number of rotatable bonds is 7. The summed E-state index contributed by atoms with van der Waals surface area (Å²) in [5.41, 5.74) is 8.61. The number of fused-ring (bicyclic) bond motifs is 3. The fourth-order valence-corrected chi connectivity index (χ4v) is 6.68. The highest BCUT2D eigenvalue weighted by atomic mass is 15.1. The Balaban J connectivity index is 1.16. The monoisotopic (exact) mass is 648 g/mol. The minimum atomic E-state index is -0.454. The van der Waals surface area contributed by atoms with Gasteiger partial charge in [0.25, 0.3) is 0 Å². The zero-order valence-electron chi connectivity index (χ0n) is 36.8. The van der Waals surface area contributed by atoms with Crippen LogP contribution in [0.5, 0.6) is 0 Å². The van der Waals surface area contributed by atoms with Crippen LogP contribution >= 0.6 is 0 Å². The molecule has 0 spiro atoms. The van der Waals surface area contributed by atoms with Gasteiger partial charge in [0.2, 0.25) is 0 Å². The molecule has 50 heavy (non-hydrogen) atoms. The van der Waals surface area contributed by atoms with Crippen LogP contribution in [0.3, 0.4) is 0 Å². The van der Waals surface area contributed by atoms with Crippen LogP contribution in [-0.2, 0) is 0 Å². The summed E-state index contributed by atoms with van der Waals surface area (Å²) >= 11 is 0. The number of hydrogen-bond acceptors (Lipinski definition) is 1. The third-order valence-electron chi connectivity index (χ3n) is 8.99. The highest BCUT2D eigenvalue weighted by Crippen LogP contribution is 2.40. The van der Waals surface area contributed by atoms with Crippen molar-refractivity contribution in [3.8, 4) is 39.1 Å². The van der Waals surface area contributed by atoms with E-state index < -0.39 is 36.3 Å². The number of para-hydroxylation sites is 3. The first-order valence-electron chi connectivity index (χ1n) is 21.3. The summed E-state index contributed by atoms with van der Waals surface area (Å²) in [4.78, 5) is 2.00. The maximum absolute atomic E-state index is 8.53. The highest BCUT2D eigenvalue weighted by molar-refractivity contribution is 6.09. The second-order valence-electron chi connectivity index (χ2n) is 11.9. The van der Waals surface area contributed by atoms with Gasteiger partial charge < -0.3 is 9.47 Å². The predicted molar refractivity (Wildman–Crippen MR) is 212 cm³/mol. The smallest absolute Gasteiger partial charge is 0.0629 e. The molecule has 0 amide bonds. The maximum atomic E-state index is 8.53. The summed E-state index contributed by atoms with van der Waals surface area (Å²) in [6.07, 6.45) is 0. The van der Waals surface area contributed by atoms with Crippen LogP contribution in [0.1, 0.15) is 13.7 Å². The zero-order valence-corrected chi connectivity index (χ0v) is 26.8. The summed E-state index contributed by atoms with van der Waals surface area (Å²) in [6.45, 7) is 0. The molecule has 2 nitrogen and oxygen atoms in total. The SMILES string of the molecule is [2H]c1c([2H])c([2H])c(-c2ccc(N(c3ccc(-c4ccccc4-n4c5ccccc5c5ccccc54)cc3)c3ccc(-c4c([2H])c([2H])c([2H])c([2H])c4[2H])cc3)cc2)c([2H])c1[2H]. The van der Waals surface area contributed by atoms with E-state index in [1.165, 1.54) is 10.8 Å². The lowest BCUT2D eigenvalue weighted by Crippen LogP contribution is -2.09. The van der Waals surface area contributed by atoms with Gasteiger partial charge in [-0.3, -0.25) is 0 Å². The fourth-order valence-electron chi connectivity index (χ4n) is 6.68. The quantitative estimate of drug-likeness (QED) is 0.167. The molecule has 0 atom stereocenters. The summed E-state index contributed by atoms with van der Waals surface area (Å²) in [5.74, 6) is 0. The molecule has 1 heterocycles. The molecule has 0 saturated heterocycles. The van der Waals surface area contributed by atoms with E-state index in [1.54, 1.807) is 24.3 Å². The summed E-state index contributed by atoms with van der Waals surface area (Å²) in [5, 5.41) is 2.34. The van der Waals surface area contributed by atoms with Gasteiger partial charge in [-0.15, -0.1) is 0 Å². The van der Waals surface area contributed by atoms with Crippen LogP contribution in [0.15, 0.2) is 206 Å². The molecule has 2 heteroatoms. The Kier molecular flexibility index (Phi) is 5.27. The van der Waals surface area contributed by atoms with E-state index in [1.807, 2.05) is 53.4 Å². The molecular weight excluding hydrogens is 605 g/mol. The van der Waals surface area contributed by atoms with Crippen molar-refractivity contribution in [3.63, 3.8) is 0 Å². The van der Waals surface area contributed by atoms with Crippen LogP contribution in [0.2, 0.25) is 0 Å². The van der Waals surface area contributed by atoms with Crippen molar-refractivity contribution in [3.05, 3.63) is 206 Å². The van der Waals surface area contributed by atoms with Crippen LogP contribution < -0.4 is 4.90 Å². The van der Waals surface area contributed by atoms with Gasteiger partial charge in [-0.2, -0.15) is 0 Å². The Morgan fingerprint density at radius 3 is 1.24 bits per heavy atom. The molecule has 0 bridgehead atoms. The van der Waals surface area contributed by atoms with E-state index in [-0.39, 0.29) is 35.3 Å². The van der Waals surface area contributed by atoms with Gasteiger partial charge in [-0.1, -0.05) is 151 Å². The third kappa shape index (κ3) is 5.34. The molecule has 236 valence electrons. The second kappa shape index (κ2) is 12.8. The van der Waals surface area contributed by atoms with Crippen molar-refractivity contribution < 1.29 is 13.7 Å². The van der Waals surface area contributed by atoms with Crippen molar-refractivity contribution in [2.45, 2.75) is 0 Å². The molecule has 0 N–H and O–H groups in total. The van der Waals surface area contributed by atoms with Crippen molar-refractivity contribution in [1.82, 2.24) is 4.57 Å². The molecule has 0 fully saturated rings.